The topological polar surface area (TPSA) is 29.1 Å². The van der Waals surface area contributed by atoms with Gasteiger partial charge in [0, 0.05) is 14.9 Å². The third-order valence-corrected chi connectivity index (χ3v) is 3.60. The predicted octanol–water partition coefficient (Wildman–Crippen LogP) is 4.48. The van der Waals surface area contributed by atoms with Crippen LogP contribution in [0, 0.1) is 5.41 Å². The van der Waals surface area contributed by atoms with Crippen LogP contribution in [0.25, 0.3) is 0 Å². The minimum atomic E-state index is -0.373. The highest BCUT2D eigenvalue weighted by Gasteiger charge is 2.25. The second kappa shape index (κ2) is 5.19. The Balaban J connectivity index is 2.89. The van der Waals surface area contributed by atoms with Gasteiger partial charge in [-0.25, -0.2) is 0 Å². The summed E-state index contributed by atoms with van der Waals surface area (Å²) in [6.45, 7) is 5.83. The summed E-state index contributed by atoms with van der Waals surface area (Å²) in [4.78, 5) is 12.0. The summed E-state index contributed by atoms with van der Waals surface area (Å²) in [5.74, 6) is -0.00188. The van der Waals surface area contributed by atoms with Crippen molar-refractivity contribution in [3.63, 3.8) is 0 Å². The maximum atomic E-state index is 12.0. The van der Waals surface area contributed by atoms with Gasteiger partial charge in [-0.15, -0.1) is 0 Å². The molecule has 1 N–H and O–H groups in total. The van der Waals surface area contributed by atoms with Gasteiger partial charge in [-0.05, 0) is 40.5 Å². The quantitative estimate of drug-likeness (QED) is 0.876. The zero-order chi connectivity index (χ0) is 12.3. The molecule has 1 rings (SSSR count). The summed E-state index contributed by atoms with van der Waals surface area (Å²) in [6, 6.07) is 5.32. The molecule has 16 heavy (non-hydrogen) atoms. The summed E-state index contributed by atoms with van der Waals surface area (Å²) in [5, 5.41) is 3.48. The first-order chi connectivity index (χ1) is 7.36. The molecule has 0 radical (unpaired) electrons. The maximum absolute atomic E-state index is 12.0. The van der Waals surface area contributed by atoms with Crippen LogP contribution in [0.5, 0.6) is 0 Å². The number of hydrogen-bond donors (Lipinski definition) is 1. The van der Waals surface area contributed by atoms with E-state index in [2.05, 4.69) is 21.2 Å². The van der Waals surface area contributed by atoms with Crippen LogP contribution < -0.4 is 5.32 Å². The number of hydrogen-bond acceptors (Lipinski definition) is 1. The molecule has 0 fully saturated rings. The highest BCUT2D eigenvalue weighted by atomic mass is 79.9. The molecule has 0 bridgehead atoms. The predicted molar refractivity (Wildman–Crippen MR) is 71.9 cm³/mol. The number of anilines is 1. The van der Waals surface area contributed by atoms with Gasteiger partial charge in [0.25, 0.3) is 0 Å². The highest BCUT2D eigenvalue weighted by molar-refractivity contribution is 9.10. The van der Waals surface area contributed by atoms with E-state index in [0.29, 0.717) is 10.7 Å². The minimum absolute atomic E-state index is 0.00188. The van der Waals surface area contributed by atoms with E-state index in [1.165, 1.54) is 0 Å². The first-order valence-corrected chi connectivity index (χ1v) is 6.30. The molecule has 0 saturated carbocycles. The molecule has 0 saturated heterocycles. The second-order valence-electron chi connectivity index (χ2n) is 4.32. The van der Waals surface area contributed by atoms with Gasteiger partial charge in [0.2, 0.25) is 5.91 Å². The van der Waals surface area contributed by atoms with E-state index in [1.807, 2.05) is 26.8 Å². The van der Waals surface area contributed by atoms with Crippen molar-refractivity contribution in [3.05, 3.63) is 27.7 Å². The van der Waals surface area contributed by atoms with Gasteiger partial charge in [-0.3, -0.25) is 4.79 Å². The summed E-state index contributed by atoms with van der Waals surface area (Å²) in [6.07, 6.45) is 0.789. The molecule has 0 aliphatic heterocycles. The fourth-order valence-corrected chi connectivity index (χ4v) is 1.56. The molecule has 0 aromatic heterocycles. The molecule has 0 spiro atoms. The van der Waals surface area contributed by atoms with Crippen LogP contribution >= 0.6 is 27.5 Å². The minimum Gasteiger partial charge on any atom is -0.325 e. The van der Waals surface area contributed by atoms with Crippen molar-refractivity contribution < 1.29 is 4.79 Å². The monoisotopic (exact) mass is 303 g/mol. The number of carbonyl (C=O) groups is 1. The van der Waals surface area contributed by atoms with Crippen LogP contribution in [-0.2, 0) is 4.79 Å². The molecule has 0 atom stereocenters. The molecule has 1 aromatic carbocycles. The molecule has 1 amide bonds. The number of amides is 1. The van der Waals surface area contributed by atoms with Crippen LogP contribution in [0.15, 0.2) is 22.7 Å². The molecule has 88 valence electrons. The zero-order valence-corrected chi connectivity index (χ0v) is 11.9. The van der Waals surface area contributed by atoms with Crippen molar-refractivity contribution >= 4 is 39.1 Å². The Morgan fingerprint density at radius 3 is 2.69 bits per heavy atom. The van der Waals surface area contributed by atoms with Crippen LogP contribution in [-0.4, -0.2) is 5.91 Å². The first kappa shape index (κ1) is 13.5. The van der Waals surface area contributed by atoms with E-state index in [4.69, 9.17) is 11.6 Å². The smallest absolute Gasteiger partial charge is 0.230 e. The van der Waals surface area contributed by atoms with Gasteiger partial charge < -0.3 is 5.32 Å². The molecule has 1 aromatic rings. The number of halogens is 2. The van der Waals surface area contributed by atoms with E-state index in [1.54, 1.807) is 12.1 Å². The van der Waals surface area contributed by atoms with Crippen molar-refractivity contribution in [2.24, 2.45) is 5.41 Å². The lowest BCUT2D eigenvalue weighted by Gasteiger charge is -2.22. The van der Waals surface area contributed by atoms with Crippen LogP contribution in [0.4, 0.5) is 5.69 Å². The summed E-state index contributed by atoms with van der Waals surface area (Å²) in [5.41, 5.74) is 0.334. The Hall–Kier alpha value is -0.540. The zero-order valence-electron chi connectivity index (χ0n) is 9.60. The average Bonchev–Trinajstić information content (AvgIpc) is 2.23. The second-order valence-corrected chi connectivity index (χ2v) is 5.61. The van der Waals surface area contributed by atoms with Gasteiger partial charge in [0.1, 0.15) is 0 Å². The summed E-state index contributed by atoms with van der Waals surface area (Å²) in [7, 11) is 0. The SMILES string of the molecule is CCC(C)(C)C(=O)Nc1cc(Cl)ccc1Br. The molecule has 4 heteroatoms. The van der Waals surface area contributed by atoms with E-state index in [0.717, 1.165) is 10.9 Å². The lowest BCUT2D eigenvalue weighted by molar-refractivity contribution is -0.124. The molecule has 2 nitrogen and oxygen atoms in total. The Morgan fingerprint density at radius 1 is 1.50 bits per heavy atom. The van der Waals surface area contributed by atoms with Gasteiger partial charge in [0.05, 0.1) is 5.69 Å². The fraction of sp³-hybridized carbons (Fsp3) is 0.417. The normalized spacial score (nSPS) is 11.3. The lowest BCUT2D eigenvalue weighted by atomic mass is 9.89. The Labute approximate surface area is 110 Å². The van der Waals surface area contributed by atoms with Crippen molar-refractivity contribution in [1.82, 2.24) is 0 Å². The van der Waals surface area contributed by atoms with Crippen LogP contribution in [0.2, 0.25) is 5.02 Å². The fourth-order valence-electron chi connectivity index (χ4n) is 1.05. The van der Waals surface area contributed by atoms with Crippen LogP contribution in [0.1, 0.15) is 27.2 Å². The van der Waals surface area contributed by atoms with Gasteiger partial charge in [0.15, 0.2) is 0 Å². The molecule has 0 unspecified atom stereocenters. The molecular weight excluding hydrogens is 289 g/mol. The first-order valence-electron chi connectivity index (χ1n) is 5.13. The lowest BCUT2D eigenvalue weighted by Crippen LogP contribution is -2.30. The standard InChI is InChI=1S/C12H15BrClNO/c1-4-12(2,3)11(16)15-10-7-8(14)5-6-9(10)13/h5-7H,4H2,1-3H3,(H,15,16). The summed E-state index contributed by atoms with van der Waals surface area (Å²) >= 11 is 9.25. The van der Waals surface area contributed by atoms with E-state index >= 15 is 0 Å². The Morgan fingerprint density at radius 2 is 2.12 bits per heavy atom. The average molecular weight is 305 g/mol. The van der Waals surface area contributed by atoms with Crippen molar-refractivity contribution in [2.75, 3.05) is 5.32 Å². The number of nitrogens with one attached hydrogen (secondary N) is 1. The van der Waals surface area contributed by atoms with Crippen molar-refractivity contribution in [3.8, 4) is 0 Å². The maximum Gasteiger partial charge on any atom is 0.230 e. The molecule has 0 aliphatic carbocycles. The van der Waals surface area contributed by atoms with E-state index in [9.17, 15) is 4.79 Å². The van der Waals surface area contributed by atoms with E-state index < -0.39 is 0 Å². The Bertz CT molecular complexity index is 404. The number of carbonyl (C=O) groups excluding carboxylic acids is 1. The number of benzene rings is 1. The van der Waals surface area contributed by atoms with E-state index in [-0.39, 0.29) is 11.3 Å². The Kier molecular flexibility index (Phi) is 4.39. The van der Waals surface area contributed by atoms with Gasteiger partial charge in [-0.1, -0.05) is 32.4 Å². The van der Waals surface area contributed by atoms with Crippen molar-refractivity contribution in [1.29, 1.82) is 0 Å². The third-order valence-electron chi connectivity index (χ3n) is 2.68. The van der Waals surface area contributed by atoms with Crippen LogP contribution in [0.3, 0.4) is 0 Å². The number of rotatable bonds is 3. The third kappa shape index (κ3) is 3.22. The molecular formula is C12H15BrClNO. The molecule has 0 heterocycles. The molecule has 0 aliphatic rings. The largest absolute Gasteiger partial charge is 0.325 e. The van der Waals surface area contributed by atoms with Gasteiger partial charge >= 0.3 is 0 Å². The summed E-state index contributed by atoms with van der Waals surface area (Å²) < 4.78 is 0.831. The van der Waals surface area contributed by atoms with Gasteiger partial charge in [-0.2, -0.15) is 0 Å². The highest BCUT2D eigenvalue weighted by Crippen LogP contribution is 2.28. The van der Waals surface area contributed by atoms with Crippen molar-refractivity contribution in [2.45, 2.75) is 27.2 Å².